The quantitative estimate of drug-likeness (QED) is 0.860. The summed E-state index contributed by atoms with van der Waals surface area (Å²) in [4.78, 5) is 28.5. The molecule has 1 N–H and O–H groups in total. The molecule has 0 radical (unpaired) electrons. The second-order valence-corrected chi connectivity index (χ2v) is 6.44. The van der Waals surface area contributed by atoms with Crippen LogP contribution in [-0.4, -0.2) is 52.9 Å². The molecule has 0 spiro atoms. The van der Waals surface area contributed by atoms with Gasteiger partial charge in [0.1, 0.15) is 5.75 Å². The number of phenolic OH excluding ortho intramolecular Hbond substituents is 1. The van der Waals surface area contributed by atoms with Gasteiger partial charge in [-0.3, -0.25) is 9.59 Å². The molecule has 1 aliphatic rings. The summed E-state index contributed by atoms with van der Waals surface area (Å²) in [6, 6.07) is 13.8. The molecule has 6 heteroatoms. The Labute approximate surface area is 148 Å². The van der Waals surface area contributed by atoms with Crippen LogP contribution in [0, 0.1) is 0 Å². The van der Waals surface area contributed by atoms with Crippen molar-refractivity contribution in [2.24, 2.45) is 0 Å². The first-order valence-corrected chi connectivity index (χ1v) is 8.48. The Morgan fingerprint density at radius 2 is 1.25 bits per heavy atom. The number of phenols is 1. The predicted octanol–water partition coefficient (Wildman–Crippen LogP) is 2.75. The number of carbonyl (C=O) groups excluding carboxylic acids is 2. The molecule has 1 fully saturated rings. The van der Waals surface area contributed by atoms with Gasteiger partial charge >= 0.3 is 0 Å². The molecule has 1 aliphatic heterocycles. The van der Waals surface area contributed by atoms with Crippen LogP contribution in [-0.2, 0) is 0 Å². The minimum atomic E-state index is -0.207. The third-order valence-corrected chi connectivity index (χ3v) is 4.78. The lowest BCUT2D eigenvalue weighted by Gasteiger charge is -2.35. The van der Waals surface area contributed by atoms with E-state index in [0.29, 0.717) is 37.3 Å². The molecular formula is C18H17BrN2O3. The van der Waals surface area contributed by atoms with E-state index < -0.39 is 0 Å². The molecule has 2 aromatic carbocycles. The van der Waals surface area contributed by atoms with E-state index in [0.717, 1.165) is 4.47 Å². The zero-order chi connectivity index (χ0) is 17.1. The molecule has 1 heterocycles. The fraction of sp³-hybridized carbons (Fsp3) is 0.222. The van der Waals surface area contributed by atoms with Crippen LogP contribution in [0.3, 0.4) is 0 Å². The summed E-state index contributed by atoms with van der Waals surface area (Å²) < 4.78 is 0.766. The largest absolute Gasteiger partial charge is 0.507 e. The van der Waals surface area contributed by atoms with Crippen molar-refractivity contribution in [2.75, 3.05) is 26.2 Å². The van der Waals surface area contributed by atoms with E-state index in [2.05, 4.69) is 15.9 Å². The molecule has 2 aromatic rings. The minimum absolute atomic E-state index is 0.0192. The van der Waals surface area contributed by atoms with E-state index >= 15 is 0 Å². The number of aromatic hydroxyl groups is 1. The van der Waals surface area contributed by atoms with E-state index in [-0.39, 0.29) is 17.6 Å². The van der Waals surface area contributed by atoms with Crippen molar-refractivity contribution in [2.45, 2.75) is 0 Å². The maximum Gasteiger partial charge on any atom is 0.257 e. The Balaban J connectivity index is 1.66. The maximum atomic E-state index is 12.6. The highest BCUT2D eigenvalue weighted by molar-refractivity contribution is 9.10. The molecule has 2 amide bonds. The van der Waals surface area contributed by atoms with Gasteiger partial charge in [-0.05, 0) is 40.2 Å². The number of benzene rings is 2. The van der Waals surface area contributed by atoms with Crippen LogP contribution < -0.4 is 0 Å². The van der Waals surface area contributed by atoms with Crippen molar-refractivity contribution in [3.8, 4) is 5.75 Å². The highest BCUT2D eigenvalue weighted by Crippen LogP contribution is 2.21. The maximum absolute atomic E-state index is 12.6. The summed E-state index contributed by atoms with van der Waals surface area (Å²) in [6.07, 6.45) is 0. The van der Waals surface area contributed by atoms with Crippen LogP contribution in [0.2, 0.25) is 0 Å². The standard InChI is InChI=1S/C18H17BrN2O3/c19-15-7-3-1-5-13(15)17(23)20-9-11-21(12-10-20)18(24)14-6-2-4-8-16(14)22/h1-8,22H,9-12H2. The topological polar surface area (TPSA) is 60.9 Å². The summed E-state index contributed by atoms with van der Waals surface area (Å²) in [5.74, 6) is -0.271. The van der Waals surface area contributed by atoms with Gasteiger partial charge in [-0.1, -0.05) is 24.3 Å². The van der Waals surface area contributed by atoms with Gasteiger partial charge in [0.15, 0.2) is 0 Å². The monoisotopic (exact) mass is 388 g/mol. The van der Waals surface area contributed by atoms with Gasteiger partial charge < -0.3 is 14.9 Å². The SMILES string of the molecule is O=C(c1ccccc1O)N1CCN(C(=O)c2ccccc2Br)CC1. The Kier molecular flexibility index (Phi) is 4.85. The second-order valence-electron chi connectivity index (χ2n) is 5.58. The Hall–Kier alpha value is -2.34. The van der Waals surface area contributed by atoms with Gasteiger partial charge in [0.05, 0.1) is 11.1 Å². The summed E-state index contributed by atoms with van der Waals surface area (Å²) in [5.41, 5.74) is 0.918. The highest BCUT2D eigenvalue weighted by Gasteiger charge is 2.27. The highest BCUT2D eigenvalue weighted by atomic mass is 79.9. The van der Waals surface area contributed by atoms with Crippen LogP contribution in [0.15, 0.2) is 53.0 Å². The molecular weight excluding hydrogens is 372 g/mol. The number of nitrogens with zero attached hydrogens (tertiary/aromatic N) is 2. The van der Waals surface area contributed by atoms with E-state index in [1.54, 1.807) is 34.1 Å². The van der Waals surface area contributed by atoms with Gasteiger partial charge in [0.25, 0.3) is 11.8 Å². The fourth-order valence-electron chi connectivity index (χ4n) is 2.74. The number of hydrogen-bond donors (Lipinski definition) is 1. The molecule has 0 atom stereocenters. The van der Waals surface area contributed by atoms with Crippen molar-refractivity contribution >= 4 is 27.7 Å². The van der Waals surface area contributed by atoms with Crippen LogP contribution in [0.4, 0.5) is 0 Å². The molecule has 1 saturated heterocycles. The van der Waals surface area contributed by atoms with E-state index in [9.17, 15) is 14.7 Å². The number of amides is 2. The number of piperazine rings is 1. The lowest BCUT2D eigenvalue weighted by Crippen LogP contribution is -2.50. The molecule has 0 bridgehead atoms. The molecule has 0 unspecified atom stereocenters. The molecule has 0 saturated carbocycles. The Bertz CT molecular complexity index is 705. The number of para-hydroxylation sites is 1. The van der Waals surface area contributed by atoms with Gasteiger partial charge in [0, 0.05) is 30.7 Å². The molecule has 5 nitrogen and oxygen atoms in total. The fourth-order valence-corrected chi connectivity index (χ4v) is 3.20. The third-order valence-electron chi connectivity index (χ3n) is 4.09. The number of halogens is 1. The van der Waals surface area contributed by atoms with Crippen LogP contribution in [0.25, 0.3) is 0 Å². The minimum Gasteiger partial charge on any atom is -0.507 e. The van der Waals surface area contributed by atoms with Crippen LogP contribution >= 0.6 is 15.9 Å². The summed E-state index contributed by atoms with van der Waals surface area (Å²) in [6.45, 7) is 1.84. The zero-order valence-electron chi connectivity index (χ0n) is 13.0. The molecule has 24 heavy (non-hydrogen) atoms. The average molecular weight is 389 g/mol. The third kappa shape index (κ3) is 3.28. The van der Waals surface area contributed by atoms with Crippen molar-refractivity contribution < 1.29 is 14.7 Å². The molecule has 3 rings (SSSR count). The molecule has 0 aromatic heterocycles. The zero-order valence-corrected chi connectivity index (χ0v) is 14.6. The number of rotatable bonds is 2. The Morgan fingerprint density at radius 3 is 1.79 bits per heavy atom. The van der Waals surface area contributed by atoms with E-state index in [4.69, 9.17) is 0 Å². The van der Waals surface area contributed by atoms with Gasteiger partial charge in [-0.15, -0.1) is 0 Å². The first kappa shape index (κ1) is 16.5. The molecule has 124 valence electrons. The second kappa shape index (κ2) is 7.05. The van der Waals surface area contributed by atoms with Crippen molar-refractivity contribution in [1.82, 2.24) is 9.80 Å². The summed E-state index contributed by atoms with van der Waals surface area (Å²) in [5, 5.41) is 9.81. The number of hydrogen-bond acceptors (Lipinski definition) is 3. The van der Waals surface area contributed by atoms with E-state index in [1.165, 1.54) is 6.07 Å². The first-order valence-electron chi connectivity index (χ1n) is 7.69. The normalized spacial score (nSPS) is 14.5. The Morgan fingerprint density at radius 1 is 0.792 bits per heavy atom. The van der Waals surface area contributed by atoms with Crippen LogP contribution in [0.5, 0.6) is 5.75 Å². The van der Waals surface area contributed by atoms with Crippen LogP contribution in [0.1, 0.15) is 20.7 Å². The predicted molar refractivity (Wildman–Crippen MR) is 94.1 cm³/mol. The number of carbonyl (C=O) groups is 2. The van der Waals surface area contributed by atoms with Crippen molar-refractivity contribution in [1.29, 1.82) is 0 Å². The van der Waals surface area contributed by atoms with Crippen molar-refractivity contribution in [3.63, 3.8) is 0 Å². The van der Waals surface area contributed by atoms with Crippen molar-refractivity contribution in [3.05, 3.63) is 64.1 Å². The summed E-state index contributed by atoms with van der Waals surface area (Å²) >= 11 is 3.40. The van der Waals surface area contributed by atoms with Gasteiger partial charge in [-0.2, -0.15) is 0 Å². The summed E-state index contributed by atoms with van der Waals surface area (Å²) in [7, 11) is 0. The lowest BCUT2D eigenvalue weighted by atomic mass is 10.1. The average Bonchev–Trinajstić information content (AvgIpc) is 2.61. The smallest absolute Gasteiger partial charge is 0.257 e. The van der Waals surface area contributed by atoms with Gasteiger partial charge in [0.2, 0.25) is 0 Å². The lowest BCUT2D eigenvalue weighted by molar-refractivity contribution is 0.0533. The first-order chi connectivity index (χ1) is 11.6. The van der Waals surface area contributed by atoms with E-state index in [1.807, 2.05) is 18.2 Å². The van der Waals surface area contributed by atoms with Gasteiger partial charge in [-0.25, -0.2) is 0 Å². The molecule has 0 aliphatic carbocycles.